The van der Waals surface area contributed by atoms with Gasteiger partial charge in [0.2, 0.25) is 5.82 Å². The predicted octanol–water partition coefficient (Wildman–Crippen LogP) is 3.40. The first-order chi connectivity index (χ1) is 13.1. The molecule has 2 heterocycles. The van der Waals surface area contributed by atoms with E-state index in [1.807, 2.05) is 19.1 Å². The molecule has 2 aromatic heterocycles. The molecule has 3 rings (SSSR count). The summed E-state index contributed by atoms with van der Waals surface area (Å²) in [6.07, 6.45) is 2.31. The number of aromatic amines is 1. The first-order valence-corrected chi connectivity index (χ1v) is 8.67. The van der Waals surface area contributed by atoms with E-state index in [0.717, 1.165) is 11.1 Å². The lowest BCUT2D eigenvalue weighted by Gasteiger charge is -2.10. The van der Waals surface area contributed by atoms with Crippen molar-refractivity contribution in [2.24, 2.45) is 0 Å². The number of H-pyrrole nitrogens is 1. The fraction of sp³-hybridized carbons (Fsp3) is 0.316. The van der Waals surface area contributed by atoms with E-state index in [-0.39, 0.29) is 17.6 Å². The highest BCUT2D eigenvalue weighted by Crippen LogP contribution is 2.30. The van der Waals surface area contributed by atoms with Crippen LogP contribution in [0.4, 0.5) is 15.9 Å². The number of hydrogen-bond donors (Lipinski definition) is 3. The number of amides is 1. The third kappa shape index (κ3) is 3.90. The molecule has 0 aliphatic carbocycles. The molecule has 7 nitrogen and oxygen atoms in total. The predicted molar refractivity (Wildman–Crippen MR) is 102 cm³/mol. The molecule has 1 unspecified atom stereocenters. The molecule has 1 aromatic carbocycles. The Morgan fingerprint density at radius 2 is 2.07 bits per heavy atom. The molecule has 0 fully saturated rings. The second-order valence-corrected chi connectivity index (χ2v) is 6.24. The largest absolute Gasteiger partial charge is 0.383 e. The fourth-order valence-corrected chi connectivity index (χ4v) is 2.96. The van der Waals surface area contributed by atoms with Gasteiger partial charge in [-0.1, -0.05) is 19.1 Å². The summed E-state index contributed by atoms with van der Waals surface area (Å²) in [6, 6.07) is 7.26. The smallest absolute Gasteiger partial charge is 0.293 e. The molecule has 1 atom stereocenters. The number of benzene rings is 1. The minimum Gasteiger partial charge on any atom is -0.383 e. The van der Waals surface area contributed by atoms with E-state index in [4.69, 9.17) is 10.5 Å². The van der Waals surface area contributed by atoms with E-state index < -0.39 is 12.6 Å². The van der Waals surface area contributed by atoms with Gasteiger partial charge in [-0.05, 0) is 29.7 Å². The molecule has 0 bridgehead atoms. The van der Waals surface area contributed by atoms with Crippen molar-refractivity contribution in [1.29, 1.82) is 0 Å². The zero-order valence-electron chi connectivity index (χ0n) is 15.3. The van der Waals surface area contributed by atoms with Crippen molar-refractivity contribution in [2.45, 2.75) is 25.9 Å². The molecule has 0 saturated heterocycles. The van der Waals surface area contributed by atoms with Crippen LogP contribution in [0.15, 0.2) is 30.5 Å². The number of ether oxygens (including phenoxy) is 1. The fourth-order valence-electron chi connectivity index (χ4n) is 2.96. The summed E-state index contributed by atoms with van der Waals surface area (Å²) in [5.74, 6) is -0.655. The number of nitrogen functional groups attached to an aromatic ring is 1. The number of nitrogens with zero attached hydrogens (tertiary/aromatic N) is 2. The van der Waals surface area contributed by atoms with Crippen LogP contribution < -0.4 is 11.1 Å². The van der Waals surface area contributed by atoms with Gasteiger partial charge in [-0.25, -0.2) is 9.97 Å². The van der Waals surface area contributed by atoms with Crippen molar-refractivity contribution in [3.8, 4) is 0 Å². The molecule has 0 spiro atoms. The standard InChI is InChI=1S/C19H22FN5O2/c1-3-12(8-20)14-9-22-17-15(14)16(21)24-18(25-17)19(26)23-13-6-4-11(5-7-13)10-27-2/h4-7,9,12H,3,8,10H2,1-2H3,(H,23,26)(H3,21,22,24,25). The van der Waals surface area contributed by atoms with Gasteiger partial charge in [0, 0.05) is 24.9 Å². The summed E-state index contributed by atoms with van der Waals surface area (Å²) in [6.45, 7) is 1.90. The van der Waals surface area contributed by atoms with Gasteiger partial charge in [0.05, 0.1) is 18.7 Å². The van der Waals surface area contributed by atoms with E-state index in [9.17, 15) is 9.18 Å². The van der Waals surface area contributed by atoms with Crippen molar-refractivity contribution < 1.29 is 13.9 Å². The van der Waals surface area contributed by atoms with E-state index >= 15 is 0 Å². The molecular weight excluding hydrogens is 349 g/mol. The highest BCUT2D eigenvalue weighted by Gasteiger charge is 2.20. The highest BCUT2D eigenvalue weighted by molar-refractivity contribution is 6.03. The maximum Gasteiger partial charge on any atom is 0.293 e. The number of carbonyl (C=O) groups excluding carboxylic acids is 1. The molecule has 3 aromatic rings. The SMILES string of the molecule is CCC(CF)c1c[nH]c2nc(C(=O)Nc3ccc(COC)cc3)nc(N)c12. The number of alkyl halides is 1. The number of nitrogens with two attached hydrogens (primary N) is 1. The van der Waals surface area contributed by atoms with Gasteiger partial charge >= 0.3 is 0 Å². The van der Waals surface area contributed by atoms with Crippen molar-refractivity contribution in [3.05, 3.63) is 47.4 Å². The van der Waals surface area contributed by atoms with Gasteiger partial charge in [0.15, 0.2) is 0 Å². The van der Waals surface area contributed by atoms with Gasteiger partial charge < -0.3 is 20.8 Å². The number of rotatable bonds is 7. The molecular formula is C19H22FN5O2. The van der Waals surface area contributed by atoms with Crippen molar-refractivity contribution >= 4 is 28.4 Å². The van der Waals surface area contributed by atoms with Crippen LogP contribution in [0.25, 0.3) is 11.0 Å². The van der Waals surface area contributed by atoms with E-state index in [0.29, 0.717) is 29.7 Å². The Morgan fingerprint density at radius 1 is 1.33 bits per heavy atom. The Hall–Kier alpha value is -3.00. The van der Waals surface area contributed by atoms with Crippen LogP contribution in [-0.2, 0) is 11.3 Å². The third-order valence-corrected chi connectivity index (χ3v) is 4.43. The summed E-state index contributed by atoms with van der Waals surface area (Å²) < 4.78 is 18.3. The zero-order chi connectivity index (χ0) is 19.4. The number of halogens is 1. The normalized spacial score (nSPS) is 12.3. The van der Waals surface area contributed by atoms with E-state index in [2.05, 4.69) is 20.3 Å². The highest BCUT2D eigenvalue weighted by atomic mass is 19.1. The minimum absolute atomic E-state index is 0.0531. The van der Waals surface area contributed by atoms with Crippen LogP contribution in [0.5, 0.6) is 0 Å². The van der Waals surface area contributed by atoms with Gasteiger partial charge in [0.1, 0.15) is 11.5 Å². The Morgan fingerprint density at radius 3 is 2.70 bits per heavy atom. The summed E-state index contributed by atoms with van der Waals surface area (Å²) in [4.78, 5) is 23.8. The monoisotopic (exact) mass is 371 g/mol. The average Bonchev–Trinajstić information content (AvgIpc) is 3.09. The molecule has 0 radical (unpaired) electrons. The number of hydrogen-bond acceptors (Lipinski definition) is 5. The number of methoxy groups -OCH3 is 1. The summed E-state index contributed by atoms with van der Waals surface area (Å²) in [7, 11) is 1.62. The van der Waals surface area contributed by atoms with Crippen LogP contribution in [0.2, 0.25) is 0 Å². The van der Waals surface area contributed by atoms with Gasteiger partial charge in [-0.2, -0.15) is 0 Å². The quantitative estimate of drug-likeness (QED) is 0.590. The Kier molecular flexibility index (Phi) is 5.66. The molecule has 0 aliphatic rings. The molecule has 8 heteroatoms. The maximum absolute atomic E-state index is 13.2. The number of carbonyl (C=O) groups is 1. The van der Waals surface area contributed by atoms with Crippen LogP contribution in [0, 0.1) is 0 Å². The lowest BCUT2D eigenvalue weighted by atomic mass is 9.98. The number of anilines is 2. The Bertz CT molecular complexity index is 935. The molecule has 0 saturated carbocycles. The number of nitrogens with one attached hydrogen (secondary N) is 2. The summed E-state index contributed by atoms with van der Waals surface area (Å²) in [5, 5.41) is 3.31. The zero-order valence-corrected chi connectivity index (χ0v) is 15.3. The number of fused-ring (bicyclic) bond motifs is 1. The van der Waals surface area contributed by atoms with Crippen molar-refractivity contribution in [3.63, 3.8) is 0 Å². The summed E-state index contributed by atoms with van der Waals surface area (Å²) in [5.41, 5.74) is 8.80. The second kappa shape index (κ2) is 8.13. The van der Waals surface area contributed by atoms with Crippen LogP contribution >= 0.6 is 0 Å². The number of aromatic nitrogens is 3. The molecule has 142 valence electrons. The van der Waals surface area contributed by atoms with E-state index in [1.54, 1.807) is 25.4 Å². The van der Waals surface area contributed by atoms with Crippen LogP contribution in [0.1, 0.15) is 41.0 Å². The van der Waals surface area contributed by atoms with E-state index in [1.165, 1.54) is 0 Å². The topological polar surface area (TPSA) is 106 Å². The first kappa shape index (κ1) is 18.8. The summed E-state index contributed by atoms with van der Waals surface area (Å²) >= 11 is 0. The molecule has 0 aliphatic heterocycles. The van der Waals surface area contributed by atoms with Crippen molar-refractivity contribution in [1.82, 2.24) is 15.0 Å². The molecule has 4 N–H and O–H groups in total. The van der Waals surface area contributed by atoms with Crippen LogP contribution in [0.3, 0.4) is 0 Å². The molecule has 1 amide bonds. The van der Waals surface area contributed by atoms with Crippen molar-refractivity contribution in [2.75, 3.05) is 24.8 Å². The average molecular weight is 371 g/mol. The van der Waals surface area contributed by atoms with Gasteiger partial charge in [-0.3, -0.25) is 9.18 Å². The Labute approximate surface area is 156 Å². The molecule has 27 heavy (non-hydrogen) atoms. The van der Waals surface area contributed by atoms with Gasteiger partial charge in [0.25, 0.3) is 5.91 Å². The minimum atomic E-state index is -0.496. The van der Waals surface area contributed by atoms with Crippen LogP contribution in [-0.4, -0.2) is 34.6 Å². The second-order valence-electron chi connectivity index (χ2n) is 6.24. The van der Waals surface area contributed by atoms with Gasteiger partial charge in [-0.15, -0.1) is 0 Å². The third-order valence-electron chi connectivity index (χ3n) is 4.43. The Balaban J connectivity index is 1.85. The maximum atomic E-state index is 13.2. The first-order valence-electron chi connectivity index (χ1n) is 8.67. The lowest BCUT2D eigenvalue weighted by molar-refractivity contribution is 0.101. The lowest BCUT2D eigenvalue weighted by Crippen LogP contribution is -2.17.